The quantitative estimate of drug-likeness (QED) is 0.320. The summed E-state index contributed by atoms with van der Waals surface area (Å²) in [6.07, 6.45) is 3.12. The van der Waals surface area contributed by atoms with Crippen LogP contribution >= 0.6 is 22.9 Å². The van der Waals surface area contributed by atoms with Gasteiger partial charge in [-0.2, -0.15) is 0 Å². The Morgan fingerprint density at radius 1 is 1.03 bits per heavy atom. The number of hydrogen-bond acceptors (Lipinski definition) is 5. The summed E-state index contributed by atoms with van der Waals surface area (Å²) in [5, 5.41) is 5.65. The minimum Gasteiger partial charge on any atom is -0.494 e. The van der Waals surface area contributed by atoms with Gasteiger partial charge in [0.05, 0.1) is 13.2 Å². The Kier molecular flexibility index (Phi) is 7.87. The maximum atomic E-state index is 12.6. The lowest BCUT2D eigenvalue weighted by Gasteiger charge is -2.08. The van der Waals surface area contributed by atoms with Gasteiger partial charge in [0, 0.05) is 22.0 Å². The zero-order chi connectivity index (χ0) is 22.2. The van der Waals surface area contributed by atoms with E-state index < -0.39 is 5.97 Å². The van der Waals surface area contributed by atoms with Crippen LogP contribution in [0.25, 0.3) is 17.2 Å². The molecule has 0 bridgehead atoms. The van der Waals surface area contributed by atoms with Crippen molar-refractivity contribution in [1.29, 1.82) is 0 Å². The van der Waals surface area contributed by atoms with Crippen LogP contribution in [0.5, 0.6) is 5.75 Å². The number of anilines is 1. The summed E-state index contributed by atoms with van der Waals surface area (Å²) in [7, 11) is 0. The number of amides is 1. The molecule has 0 saturated heterocycles. The van der Waals surface area contributed by atoms with E-state index in [1.807, 2.05) is 48.7 Å². The number of esters is 1. The molecule has 0 aliphatic rings. The number of nitrogens with one attached hydrogen (secondary N) is 1. The van der Waals surface area contributed by atoms with E-state index in [-0.39, 0.29) is 12.5 Å². The van der Waals surface area contributed by atoms with Crippen LogP contribution in [0.2, 0.25) is 5.02 Å². The molecule has 3 rings (SSSR count). The average Bonchev–Trinajstić information content (AvgIpc) is 3.17. The van der Waals surface area contributed by atoms with Crippen LogP contribution in [0.3, 0.4) is 0 Å². The largest absolute Gasteiger partial charge is 0.494 e. The normalized spacial score (nSPS) is 10.8. The Bertz CT molecular complexity index is 1070. The van der Waals surface area contributed by atoms with Gasteiger partial charge in [0.25, 0.3) is 0 Å². The zero-order valence-corrected chi connectivity index (χ0v) is 18.8. The second-order valence-corrected chi connectivity index (χ2v) is 7.72. The predicted octanol–water partition coefficient (Wildman–Crippen LogP) is 6.30. The first-order valence-corrected chi connectivity index (χ1v) is 11.0. The van der Waals surface area contributed by atoms with Crippen molar-refractivity contribution in [3.8, 4) is 16.9 Å². The molecular weight excluding hydrogens is 434 g/mol. The number of halogens is 1. The van der Waals surface area contributed by atoms with Crippen molar-refractivity contribution in [3.05, 3.63) is 76.1 Å². The summed E-state index contributed by atoms with van der Waals surface area (Å²) >= 11 is 7.24. The van der Waals surface area contributed by atoms with E-state index in [0.717, 1.165) is 16.9 Å². The molecule has 0 atom stereocenters. The van der Waals surface area contributed by atoms with E-state index in [4.69, 9.17) is 21.1 Å². The van der Waals surface area contributed by atoms with Gasteiger partial charge in [0.15, 0.2) is 0 Å². The number of carbonyl (C=O) groups is 2. The molecule has 0 aliphatic heterocycles. The number of thiophene rings is 1. The van der Waals surface area contributed by atoms with Crippen LogP contribution in [0.4, 0.5) is 5.00 Å². The van der Waals surface area contributed by atoms with Crippen molar-refractivity contribution < 1.29 is 19.1 Å². The zero-order valence-electron chi connectivity index (χ0n) is 17.2. The first-order chi connectivity index (χ1) is 15.0. The van der Waals surface area contributed by atoms with Crippen LogP contribution < -0.4 is 10.1 Å². The molecule has 160 valence electrons. The molecule has 1 N–H and O–H groups in total. The number of benzene rings is 2. The molecule has 7 heteroatoms. The highest BCUT2D eigenvalue weighted by Gasteiger charge is 2.22. The van der Waals surface area contributed by atoms with Gasteiger partial charge >= 0.3 is 5.97 Å². The van der Waals surface area contributed by atoms with Crippen LogP contribution in [-0.4, -0.2) is 25.1 Å². The van der Waals surface area contributed by atoms with E-state index in [1.165, 1.54) is 17.4 Å². The standard InChI is InChI=1S/C24H22ClNO4S/c1-3-29-19-12-5-16(6-13-19)7-14-21(27)26-23-22(24(28)30-4-2)20(15-31-23)17-8-10-18(25)11-9-17/h5-15H,3-4H2,1-2H3,(H,26,27). The molecule has 0 unspecified atom stereocenters. The van der Waals surface area contributed by atoms with Gasteiger partial charge in [-0.05, 0) is 55.3 Å². The molecule has 31 heavy (non-hydrogen) atoms. The van der Waals surface area contributed by atoms with Gasteiger partial charge < -0.3 is 14.8 Å². The van der Waals surface area contributed by atoms with Crippen molar-refractivity contribution in [3.63, 3.8) is 0 Å². The SMILES string of the molecule is CCOC(=O)c1c(-c2ccc(Cl)cc2)csc1NC(=O)C=Cc1ccc(OCC)cc1. The third-order valence-electron chi connectivity index (χ3n) is 4.28. The molecular formula is C24H22ClNO4S. The van der Waals surface area contributed by atoms with Gasteiger partial charge in [-0.15, -0.1) is 11.3 Å². The molecule has 0 fully saturated rings. The molecule has 0 radical (unpaired) electrons. The first kappa shape index (κ1) is 22.6. The molecule has 1 heterocycles. The van der Waals surface area contributed by atoms with Gasteiger partial charge in [-0.25, -0.2) is 4.79 Å². The van der Waals surface area contributed by atoms with Gasteiger partial charge in [-0.3, -0.25) is 4.79 Å². The lowest BCUT2D eigenvalue weighted by molar-refractivity contribution is -0.111. The fourth-order valence-corrected chi connectivity index (χ4v) is 3.95. The third kappa shape index (κ3) is 5.96. The summed E-state index contributed by atoms with van der Waals surface area (Å²) < 4.78 is 10.6. The molecule has 3 aromatic rings. The summed E-state index contributed by atoms with van der Waals surface area (Å²) in [4.78, 5) is 25.1. The number of hydrogen-bond donors (Lipinski definition) is 1. The first-order valence-electron chi connectivity index (χ1n) is 9.78. The second kappa shape index (κ2) is 10.8. The Hall–Kier alpha value is -3.09. The minimum atomic E-state index is -0.487. The smallest absolute Gasteiger partial charge is 0.341 e. The van der Waals surface area contributed by atoms with Gasteiger partial charge in [0.1, 0.15) is 16.3 Å². The van der Waals surface area contributed by atoms with Crippen LogP contribution in [-0.2, 0) is 9.53 Å². The second-order valence-electron chi connectivity index (χ2n) is 6.41. The highest BCUT2D eigenvalue weighted by atomic mass is 35.5. The summed E-state index contributed by atoms with van der Waals surface area (Å²) in [5.41, 5.74) is 2.69. The Labute approximate surface area is 190 Å². The van der Waals surface area contributed by atoms with Crippen LogP contribution in [0.15, 0.2) is 60.0 Å². The highest BCUT2D eigenvalue weighted by molar-refractivity contribution is 7.15. The molecule has 0 saturated carbocycles. The average molecular weight is 456 g/mol. The lowest BCUT2D eigenvalue weighted by atomic mass is 10.0. The number of rotatable bonds is 8. The van der Waals surface area contributed by atoms with E-state index in [1.54, 1.807) is 25.1 Å². The fraction of sp³-hybridized carbons (Fsp3) is 0.167. The van der Waals surface area contributed by atoms with E-state index >= 15 is 0 Å². The molecule has 0 spiro atoms. The summed E-state index contributed by atoms with van der Waals surface area (Å²) in [6.45, 7) is 4.49. The summed E-state index contributed by atoms with van der Waals surface area (Å²) in [6, 6.07) is 14.6. The maximum absolute atomic E-state index is 12.6. The van der Waals surface area contributed by atoms with Crippen molar-refractivity contribution in [2.45, 2.75) is 13.8 Å². The highest BCUT2D eigenvalue weighted by Crippen LogP contribution is 2.36. The molecule has 1 aromatic heterocycles. The number of carbonyl (C=O) groups excluding carboxylic acids is 2. The summed E-state index contributed by atoms with van der Waals surface area (Å²) in [5.74, 6) is -0.0556. The van der Waals surface area contributed by atoms with Crippen LogP contribution in [0.1, 0.15) is 29.8 Å². The Morgan fingerprint density at radius 2 is 1.74 bits per heavy atom. The monoisotopic (exact) mass is 455 g/mol. The topological polar surface area (TPSA) is 64.6 Å². The van der Waals surface area contributed by atoms with Crippen molar-refractivity contribution in [1.82, 2.24) is 0 Å². The number of ether oxygens (including phenoxy) is 2. The predicted molar refractivity (Wildman–Crippen MR) is 126 cm³/mol. The van der Waals surface area contributed by atoms with E-state index in [0.29, 0.717) is 27.8 Å². The van der Waals surface area contributed by atoms with Crippen molar-refractivity contribution in [2.24, 2.45) is 0 Å². The molecule has 2 aromatic carbocycles. The molecule has 1 amide bonds. The molecule has 0 aliphatic carbocycles. The Balaban J connectivity index is 1.80. The van der Waals surface area contributed by atoms with E-state index in [9.17, 15) is 9.59 Å². The minimum absolute atomic E-state index is 0.236. The van der Waals surface area contributed by atoms with Gasteiger partial charge in [-0.1, -0.05) is 35.9 Å². The third-order valence-corrected chi connectivity index (χ3v) is 5.43. The van der Waals surface area contributed by atoms with Crippen molar-refractivity contribution >= 4 is 45.9 Å². The maximum Gasteiger partial charge on any atom is 0.341 e. The fourth-order valence-electron chi connectivity index (χ4n) is 2.87. The van der Waals surface area contributed by atoms with Crippen LogP contribution in [0, 0.1) is 0 Å². The molecule has 5 nitrogen and oxygen atoms in total. The lowest BCUT2D eigenvalue weighted by Crippen LogP contribution is -2.12. The van der Waals surface area contributed by atoms with E-state index in [2.05, 4.69) is 5.32 Å². The van der Waals surface area contributed by atoms with Crippen molar-refractivity contribution in [2.75, 3.05) is 18.5 Å². The van der Waals surface area contributed by atoms with Gasteiger partial charge in [0.2, 0.25) is 5.91 Å². The Morgan fingerprint density at radius 3 is 2.39 bits per heavy atom.